The molecule has 0 saturated carbocycles. The number of phenolic OH excluding ortho intramolecular Hbond substituents is 1. The summed E-state index contributed by atoms with van der Waals surface area (Å²) in [6, 6.07) is 2.03. The van der Waals surface area contributed by atoms with Gasteiger partial charge >= 0.3 is 5.97 Å². The molecule has 0 fully saturated rings. The van der Waals surface area contributed by atoms with Crippen molar-refractivity contribution >= 4 is 27.4 Å². The lowest BCUT2D eigenvalue weighted by molar-refractivity contribution is 0.0696. The van der Waals surface area contributed by atoms with Crippen molar-refractivity contribution in [1.29, 1.82) is 0 Å². The van der Waals surface area contributed by atoms with E-state index in [4.69, 9.17) is 16.7 Å². The summed E-state index contributed by atoms with van der Waals surface area (Å²) >= 11 is 5.50. The van der Waals surface area contributed by atoms with Crippen LogP contribution in [0.15, 0.2) is 17.0 Å². The second kappa shape index (κ2) is 3.71. The Balaban J connectivity index is 3.55. The van der Waals surface area contributed by atoms with E-state index in [1.165, 1.54) is 0 Å². The summed E-state index contributed by atoms with van der Waals surface area (Å²) in [5, 5.41) is 17.5. The first-order valence-electron chi connectivity index (χ1n) is 3.70. The number of hydrogen-bond acceptors (Lipinski definition) is 4. The molecule has 0 bridgehead atoms. The van der Waals surface area contributed by atoms with Crippen LogP contribution in [0.25, 0.3) is 0 Å². The maximum atomic E-state index is 11.1. The predicted molar refractivity (Wildman–Crippen MR) is 53.2 cm³/mol. The fourth-order valence-corrected chi connectivity index (χ4v) is 2.08. The molecule has 1 aromatic carbocycles. The Hall–Kier alpha value is -1.27. The number of carboxylic acid groups (broad SMARTS) is 1. The van der Waals surface area contributed by atoms with Gasteiger partial charge in [-0.2, -0.15) is 0 Å². The molecule has 0 heterocycles. The van der Waals surface area contributed by atoms with E-state index in [0.717, 1.165) is 18.4 Å². The third-order valence-electron chi connectivity index (χ3n) is 1.71. The molecular weight excluding hydrogens is 244 g/mol. The van der Waals surface area contributed by atoms with Gasteiger partial charge in [-0.25, -0.2) is 13.2 Å². The minimum Gasteiger partial charge on any atom is -0.505 e. The normalized spacial score (nSPS) is 11.3. The Bertz CT molecular complexity index is 520. The standard InChI is InChI=1S/C8H7ClO5S/c1-15(13,14)5-3-2-4(8(11)12)6(9)7(5)10/h2-3,10H,1H3,(H,11,12). The summed E-state index contributed by atoms with van der Waals surface area (Å²) < 4.78 is 22.2. The average molecular weight is 251 g/mol. The van der Waals surface area contributed by atoms with Crippen LogP contribution >= 0.6 is 11.6 Å². The number of aromatic hydroxyl groups is 1. The van der Waals surface area contributed by atoms with Crippen LogP contribution in [-0.2, 0) is 9.84 Å². The fourth-order valence-electron chi connectivity index (χ4n) is 1.01. The van der Waals surface area contributed by atoms with E-state index < -0.39 is 31.5 Å². The number of carboxylic acids is 1. The molecular formula is C8H7ClO5S. The molecule has 5 nitrogen and oxygen atoms in total. The number of aromatic carboxylic acids is 1. The molecule has 82 valence electrons. The summed E-state index contributed by atoms with van der Waals surface area (Å²) in [6.07, 6.45) is 0.888. The highest BCUT2D eigenvalue weighted by atomic mass is 35.5. The molecule has 0 atom stereocenters. The third kappa shape index (κ3) is 2.21. The summed E-state index contributed by atoms with van der Waals surface area (Å²) in [6.45, 7) is 0. The largest absolute Gasteiger partial charge is 0.505 e. The minimum absolute atomic E-state index is 0.346. The highest BCUT2D eigenvalue weighted by Crippen LogP contribution is 2.33. The number of benzene rings is 1. The molecule has 0 amide bonds. The highest BCUT2D eigenvalue weighted by molar-refractivity contribution is 7.90. The van der Waals surface area contributed by atoms with Gasteiger partial charge in [0.2, 0.25) is 0 Å². The van der Waals surface area contributed by atoms with Gasteiger partial charge in [0, 0.05) is 6.26 Å². The van der Waals surface area contributed by atoms with Crippen LogP contribution in [0.4, 0.5) is 0 Å². The van der Waals surface area contributed by atoms with E-state index in [0.29, 0.717) is 0 Å². The van der Waals surface area contributed by atoms with E-state index in [1.54, 1.807) is 0 Å². The monoisotopic (exact) mass is 250 g/mol. The first kappa shape index (κ1) is 11.8. The zero-order valence-electron chi connectivity index (χ0n) is 7.56. The van der Waals surface area contributed by atoms with Gasteiger partial charge < -0.3 is 10.2 Å². The Morgan fingerprint density at radius 1 is 1.40 bits per heavy atom. The maximum Gasteiger partial charge on any atom is 0.337 e. The van der Waals surface area contributed by atoms with Crippen molar-refractivity contribution in [2.45, 2.75) is 4.90 Å². The molecule has 0 radical (unpaired) electrons. The molecule has 0 saturated heterocycles. The number of hydrogen-bond donors (Lipinski definition) is 2. The Kier molecular flexibility index (Phi) is 2.92. The van der Waals surface area contributed by atoms with Crippen LogP contribution in [0.2, 0.25) is 5.02 Å². The van der Waals surface area contributed by atoms with Gasteiger partial charge in [-0.05, 0) is 12.1 Å². The van der Waals surface area contributed by atoms with E-state index in [-0.39, 0.29) is 5.56 Å². The molecule has 0 spiro atoms. The quantitative estimate of drug-likeness (QED) is 0.821. The van der Waals surface area contributed by atoms with Gasteiger partial charge in [-0.15, -0.1) is 0 Å². The highest BCUT2D eigenvalue weighted by Gasteiger charge is 2.20. The summed E-state index contributed by atoms with van der Waals surface area (Å²) in [7, 11) is -3.63. The maximum absolute atomic E-state index is 11.1. The molecule has 0 aliphatic rings. The number of phenols is 1. The van der Waals surface area contributed by atoms with Crippen molar-refractivity contribution in [1.82, 2.24) is 0 Å². The summed E-state index contributed by atoms with van der Waals surface area (Å²) in [4.78, 5) is 10.2. The number of sulfone groups is 1. The van der Waals surface area contributed by atoms with Gasteiger partial charge in [0.1, 0.15) is 4.90 Å². The first-order chi connectivity index (χ1) is 6.75. The Morgan fingerprint density at radius 3 is 2.33 bits per heavy atom. The number of carbonyl (C=O) groups is 1. The van der Waals surface area contributed by atoms with E-state index in [2.05, 4.69) is 0 Å². The average Bonchev–Trinajstić information content (AvgIpc) is 2.06. The van der Waals surface area contributed by atoms with Crippen molar-refractivity contribution in [3.63, 3.8) is 0 Å². The molecule has 0 aliphatic carbocycles. The molecule has 1 rings (SSSR count). The van der Waals surface area contributed by atoms with Crippen LogP contribution < -0.4 is 0 Å². The minimum atomic E-state index is -3.63. The van der Waals surface area contributed by atoms with E-state index in [9.17, 15) is 18.3 Å². The summed E-state index contributed by atoms with van der Waals surface area (Å²) in [5.41, 5.74) is -0.346. The number of rotatable bonds is 2. The van der Waals surface area contributed by atoms with Crippen molar-refractivity contribution in [2.75, 3.05) is 6.26 Å². The Morgan fingerprint density at radius 2 is 1.93 bits per heavy atom. The second-order valence-electron chi connectivity index (χ2n) is 2.85. The van der Waals surface area contributed by atoms with Gasteiger partial charge in [0.25, 0.3) is 0 Å². The smallest absolute Gasteiger partial charge is 0.337 e. The van der Waals surface area contributed by atoms with Gasteiger partial charge in [-0.1, -0.05) is 11.6 Å². The van der Waals surface area contributed by atoms with E-state index >= 15 is 0 Å². The van der Waals surface area contributed by atoms with Crippen LogP contribution in [0.5, 0.6) is 5.75 Å². The van der Waals surface area contributed by atoms with Crippen molar-refractivity contribution in [3.05, 3.63) is 22.7 Å². The predicted octanol–water partition coefficient (Wildman–Crippen LogP) is 1.15. The molecule has 0 aliphatic heterocycles. The van der Waals surface area contributed by atoms with Crippen molar-refractivity contribution < 1.29 is 23.4 Å². The SMILES string of the molecule is CS(=O)(=O)c1ccc(C(=O)O)c(Cl)c1O. The Labute approximate surface area is 90.8 Å². The van der Waals surface area contributed by atoms with Crippen molar-refractivity contribution in [3.8, 4) is 5.75 Å². The molecule has 0 unspecified atom stereocenters. The second-order valence-corrected chi connectivity index (χ2v) is 5.21. The third-order valence-corrected chi connectivity index (χ3v) is 3.22. The van der Waals surface area contributed by atoms with Crippen LogP contribution in [0.1, 0.15) is 10.4 Å². The molecule has 7 heteroatoms. The lowest BCUT2D eigenvalue weighted by atomic mass is 10.2. The lowest BCUT2D eigenvalue weighted by Crippen LogP contribution is -2.02. The number of halogens is 1. The molecule has 15 heavy (non-hydrogen) atoms. The van der Waals surface area contributed by atoms with Crippen LogP contribution in [0.3, 0.4) is 0 Å². The van der Waals surface area contributed by atoms with Crippen LogP contribution in [-0.4, -0.2) is 30.9 Å². The molecule has 1 aromatic rings. The van der Waals surface area contributed by atoms with Gasteiger partial charge in [0.15, 0.2) is 15.6 Å². The van der Waals surface area contributed by atoms with Crippen molar-refractivity contribution in [2.24, 2.45) is 0 Å². The van der Waals surface area contributed by atoms with Gasteiger partial charge in [-0.3, -0.25) is 0 Å². The van der Waals surface area contributed by atoms with Crippen LogP contribution in [0, 0.1) is 0 Å². The first-order valence-corrected chi connectivity index (χ1v) is 5.97. The zero-order chi connectivity index (χ0) is 11.8. The van der Waals surface area contributed by atoms with E-state index in [1.807, 2.05) is 0 Å². The molecule has 2 N–H and O–H groups in total. The van der Waals surface area contributed by atoms with Gasteiger partial charge in [0.05, 0.1) is 10.6 Å². The topological polar surface area (TPSA) is 91.7 Å². The lowest BCUT2D eigenvalue weighted by Gasteiger charge is -2.06. The fraction of sp³-hybridized carbons (Fsp3) is 0.125. The summed E-state index contributed by atoms with van der Waals surface area (Å²) in [5.74, 6) is -2.07. The zero-order valence-corrected chi connectivity index (χ0v) is 9.13. The molecule has 0 aromatic heterocycles.